The van der Waals surface area contributed by atoms with Crippen molar-refractivity contribution in [3.63, 3.8) is 0 Å². The Morgan fingerprint density at radius 1 is 1.00 bits per heavy atom. The van der Waals surface area contributed by atoms with Crippen LogP contribution in [0.15, 0.2) is 30.3 Å². The third-order valence-electron chi connectivity index (χ3n) is 5.68. The molecule has 0 bridgehead atoms. The van der Waals surface area contributed by atoms with Gasteiger partial charge in [0.1, 0.15) is 5.54 Å². The molecule has 1 saturated carbocycles. The topological polar surface area (TPSA) is 72.9 Å². The number of nitrogens with one attached hydrogen (secondary N) is 1. The average molecular weight is 359 g/mol. The van der Waals surface area contributed by atoms with Gasteiger partial charge >= 0.3 is 12.0 Å². The standard InChI is InChI=1S/C20H29N3O3/c24-18(25)20(10-5-2-6-11-20)21-19(26)23-15-13-22(14-16-23)12-9-17-7-3-1-4-8-17/h1,3-4,7-8H,2,5-6,9-16H2,(H,21,26)(H,24,25). The zero-order chi connectivity index (χ0) is 18.4. The molecular formula is C20H29N3O3. The van der Waals surface area contributed by atoms with Gasteiger partial charge in [-0.2, -0.15) is 0 Å². The summed E-state index contributed by atoms with van der Waals surface area (Å²) >= 11 is 0. The van der Waals surface area contributed by atoms with Crippen LogP contribution in [0.25, 0.3) is 0 Å². The highest BCUT2D eigenvalue weighted by Crippen LogP contribution is 2.28. The summed E-state index contributed by atoms with van der Waals surface area (Å²) in [7, 11) is 0. The van der Waals surface area contributed by atoms with Crippen LogP contribution in [-0.4, -0.2) is 65.2 Å². The van der Waals surface area contributed by atoms with Gasteiger partial charge in [0.25, 0.3) is 0 Å². The lowest BCUT2D eigenvalue weighted by molar-refractivity contribution is -0.146. The van der Waals surface area contributed by atoms with Gasteiger partial charge in [0.05, 0.1) is 0 Å². The molecule has 2 fully saturated rings. The molecule has 1 heterocycles. The van der Waals surface area contributed by atoms with Crippen LogP contribution in [0.2, 0.25) is 0 Å². The Labute approximate surface area is 155 Å². The average Bonchev–Trinajstić information content (AvgIpc) is 2.68. The minimum atomic E-state index is -1.07. The van der Waals surface area contributed by atoms with Gasteiger partial charge in [0.15, 0.2) is 0 Å². The van der Waals surface area contributed by atoms with E-state index < -0.39 is 11.5 Å². The number of hydrogen-bond donors (Lipinski definition) is 2. The number of hydrogen-bond acceptors (Lipinski definition) is 3. The molecule has 142 valence electrons. The fourth-order valence-electron chi connectivity index (χ4n) is 3.94. The molecule has 26 heavy (non-hydrogen) atoms. The number of aliphatic carboxylic acids is 1. The van der Waals surface area contributed by atoms with Gasteiger partial charge in [-0.15, -0.1) is 0 Å². The highest BCUT2D eigenvalue weighted by molar-refractivity contribution is 5.86. The van der Waals surface area contributed by atoms with Gasteiger partial charge in [0, 0.05) is 32.7 Å². The molecule has 0 aromatic heterocycles. The normalized spacial score (nSPS) is 20.5. The van der Waals surface area contributed by atoms with Crippen molar-refractivity contribution in [3.05, 3.63) is 35.9 Å². The highest BCUT2D eigenvalue weighted by atomic mass is 16.4. The summed E-state index contributed by atoms with van der Waals surface area (Å²) in [6.07, 6.45) is 4.84. The number of urea groups is 1. The number of piperazine rings is 1. The second kappa shape index (κ2) is 8.54. The molecule has 2 aliphatic rings. The Kier molecular flexibility index (Phi) is 6.14. The van der Waals surface area contributed by atoms with Gasteiger partial charge in [-0.1, -0.05) is 49.6 Å². The zero-order valence-corrected chi connectivity index (χ0v) is 15.3. The van der Waals surface area contributed by atoms with Crippen LogP contribution >= 0.6 is 0 Å². The van der Waals surface area contributed by atoms with Crippen LogP contribution in [0.4, 0.5) is 4.79 Å². The van der Waals surface area contributed by atoms with Crippen LogP contribution in [0.1, 0.15) is 37.7 Å². The predicted molar refractivity (Wildman–Crippen MR) is 100 cm³/mol. The number of carbonyl (C=O) groups is 2. The van der Waals surface area contributed by atoms with Crippen molar-refractivity contribution < 1.29 is 14.7 Å². The first-order valence-electron chi connectivity index (χ1n) is 9.66. The quantitative estimate of drug-likeness (QED) is 0.846. The number of benzene rings is 1. The van der Waals surface area contributed by atoms with E-state index in [1.807, 2.05) is 6.07 Å². The van der Waals surface area contributed by atoms with Crippen LogP contribution in [0.3, 0.4) is 0 Å². The Morgan fingerprint density at radius 3 is 2.27 bits per heavy atom. The van der Waals surface area contributed by atoms with Gasteiger partial charge < -0.3 is 15.3 Å². The summed E-state index contributed by atoms with van der Waals surface area (Å²) in [4.78, 5) is 28.4. The monoisotopic (exact) mass is 359 g/mol. The van der Waals surface area contributed by atoms with E-state index in [0.717, 1.165) is 45.3 Å². The molecule has 3 rings (SSSR count). The van der Waals surface area contributed by atoms with E-state index in [-0.39, 0.29) is 6.03 Å². The highest BCUT2D eigenvalue weighted by Gasteiger charge is 2.42. The fraction of sp³-hybridized carbons (Fsp3) is 0.600. The van der Waals surface area contributed by atoms with Crippen LogP contribution in [-0.2, 0) is 11.2 Å². The third-order valence-corrected chi connectivity index (χ3v) is 5.68. The van der Waals surface area contributed by atoms with Crippen LogP contribution in [0.5, 0.6) is 0 Å². The SMILES string of the molecule is O=C(NC1(C(=O)O)CCCCC1)N1CCN(CCc2ccccc2)CC1. The van der Waals surface area contributed by atoms with E-state index >= 15 is 0 Å². The minimum Gasteiger partial charge on any atom is -0.480 e. The van der Waals surface area contributed by atoms with Crippen LogP contribution in [0, 0.1) is 0 Å². The Balaban J connectivity index is 1.46. The maximum Gasteiger partial charge on any atom is 0.329 e. The second-order valence-corrected chi connectivity index (χ2v) is 7.44. The van der Waals surface area contributed by atoms with E-state index in [1.54, 1.807) is 4.90 Å². The summed E-state index contributed by atoms with van der Waals surface area (Å²) in [5.41, 5.74) is 0.258. The van der Waals surface area contributed by atoms with E-state index in [9.17, 15) is 14.7 Å². The zero-order valence-electron chi connectivity index (χ0n) is 15.3. The number of carboxylic acid groups (broad SMARTS) is 1. The third kappa shape index (κ3) is 4.55. The van der Waals surface area contributed by atoms with E-state index in [0.29, 0.717) is 25.9 Å². The molecule has 0 spiro atoms. The molecule has 0 unspecified atom stereocenters. The number of amides is 2. The van der Waals surface area contributed by atoms with E-state index in [2.05, 4.69) is 34.5 Å². The lowest BCUT2D eigenvalue weighted by atomic mass is 9.82. The van der Waals surface area contributed by atoms with Gasteiger partial charge in [0.2, 0.25) is 0 Å². The molecule has 1 saturated heterocycles. The smallest absolute Gasteiger partial charge is 0.329 e. The fourth-order valence-corrected chi connectivity index (χ4v) is 3.94. The molecule has 1 aromatic rings. The first kappa shape index (κ1) is 18.7. The molecule has 0 atom stereocenters. The summed E-state index contributed by atoms with van der Waals surface area (Å²) in [5, 5.41) is 12.5. The Bertz CT molecular complexity index is 606. The van der Waals surface area contributed by atoms with Crippen molar-refractivity contribution in [1.29, 1.82) is 0 Å². The largest absolute Gasteiger partial charge is 0.480 e. The molecule has 1 aliphatic carbocycles. The molecular weight excluding hydrogens is 330 g/mol. The second-order valence-electron chi connectivity index (χ2n) is 7.44. The number of carbonyl (C=O) groups excluding carboxylic acids is 1. The molecule has 6 nitrogen and oxygen atoms in total. The maximum absolute atomic E-state index is 12.6. The van der Waals surface area contributed by atoms with Gasteiger partial charge in [-0.25, -0.2) is 9.59 Å². The number of rotatable bonds is 5. The van der Waals surface area contributed by atoms with Crippen molar-refractivity contribution in [2.75, 3.05) is 32.7 Å². The maximum atomic E-state index is 12.6. The number of nitrogens with zero attached hydrogens (tertiary/aromatic N) is 2. The Hall–Kier alpha value is -2.08. The van der Waals surface area contributed by atoms with Crippen molar-refractivity contribution in [3.8, 4) is 0 Å². The lowest BCUT2D eigenvalue weighted by Crippen LogP contribution is -2.61. The van der Waals surface area contributed by atoms with Crippen molar-refractivity contribution in [2.45, 2.75) is 44.1 Å². The van der Waals surface area contributed by atoms with E-state index in [1.165, 1.54) is 5.56 Å². The molecule has 2 N–H and O–H groups in total. The lowest BCUT2D eigenvalue weighted by Gasteiger charge is -2.39. The molecule has 1 aliphatic heterocycles. The summed E-state index contributed by atoms with van der Waals surface area (Å²) in [6, 6.07) is 10.2. The van der Waals surface area contributed by atoms with Crippen molar-refractivity contribution >= 4 is 12.0 Å². The first-order chi connectivity index (χ1) is 12.6. The molecule has 0 radical (unpaired) electrons. The Morgan fingerprint density at radius 2 is 1.65 bits per heavy atom. The van der Waals surface area contributed by atoms with Crippen molar-refractivity contribution in [2.24, 2.45) is 0 Å². The molecule has 6 heteroatoms. The number of carboxylic acids is 1. The van der Waals surface area contributed by atoms with Crippen molar-refractivity contribution in [1.82, 2.24) is 15.1 Å². The molecule has 2 amide bonds. The summed E-state index contributed by atoms with van der Waals surface area (Å²) in [5.74, 6) is -0.896. The van der Waals surface area contributed by atoms with Gasteiger partial charge in [-0.3, -0.25) is 4.90 Å². The summed E-state index contributed by atoms with van der Waals surface area (Å²) < 4.78 is 0. The summed E-state index contributed by atoms with van der Waals surface area (Å²) in [6.45, 7) is 3.95. The molecule has 1 aromatic carbocycles. The predicted octanol–water partition coefficient (Wildman–Crippen LogP) is 2.34. The first-order valence-corrected chi connectivity index (χ1v) is 9.66. The van der Waals surface area contributed by atoms with Gasteiger partial charge in [-0.05, 0) is 24.8 Å². The van der Waals surface area contributed by atoms with E-state index in [4.69, 9.17) is 0 Å². The van der Waals surface area contributed by atoms with Crippen LogP contribution < -0.4 is 5.32 Å². The minimum absolute atomic E-state index is 0.225.